The van der Waals surface area contributed by atoms with E-state index in [2.05, 4.69) is 20.3 Å². The highest BCUT2D eigenvalue weighted by Crippen LogP contribution is 2.31. The number of hydrogen-bond donors (Lipinski definition) is 2. The van der Waals surface area contributed by atoms with Gasteiger partial charge in [-0.15, -0.1) is 0 Å². The molecule has 2 aromatic heterocycles. The minimum atomic E-state index is -4.67. The predicted molar refractivity (Wildman–Crippen MR) is 94.7 cm³/mol. The Labute approximate surface area is 158 Å². The van der Waals surface area contributed by atoms with Crippen molar-refractivity contribution in [3.8, 4) is 11.4 Å². The lowest BCUT2D eigenvalue weighted by Gasteiger charge is -2.22. The topological polar surface area (TPSA) is 70.9 Å². The quantitative estimate of drug-likeness (QED) is 0.636. The van der Waals surface area contributed by atoms with Gasteiger partial charge < -0.3 is 10.4 Å². The Kier molecular flexibility index (Phi) is 5.55. The first kappa shape index (κ1) is 19.7. The van der Waals surface area contributed by atoms with Gasteiger partial charge >= 0.3 is 6.18 Å². The Balaban J connectivity index is 1.91. The van der Waals surface area contributed by atoms with Crippen LogP contribution in [-0.2, 0) is 6.18 Å². The summed E-state index contributed by atoms with van der Waals surface area (Å²) in [6, 6.07) is 8.26. The molecule has 1 aromatic carbocycles. The summed E-state index contributed by atoms with van der Waals surface area (Å²) in [5.74, 6) is -0.671. The summed E-state index contributed by atoms with van der Waals surface area (Å²) < 4.78 is 52.8. The van der Waals surface area contributed by atoms with Crippen LogP contribution in [0.1, 0.15) is 24.3 Å². The first-order chi connectivity index (χ1) is 13.2. The fourth-order valence-electron chi connectivity index (χ4n) is 2.56. The number of anilines is 1. The molecule has 0 radical (unpaired) electrons. The molecule has 0 fully saturated rings. The third-order valence-corrected chi connectivity index (χ3v) is 4.02. The number of alkyl halides is 3. The minimum Gasteiger partial charge on any atom is -0.386 e. The molecule has 0 saturated heterocycles. The van der Waals surface area contributed by atoms with Crippen molar-refractivity contribution in [2.75, 3.05) is 5.32 Å². The molecule has 9 heteroatoms. The third kappa shape index (κ3) is 4.61. The SMILES string of the molecule is CC(Nc1cc(C(F)(F)F)nc(-c2ccncc2)n1)C(O)c1ccc(F)cc1. The van der Waals surface area contributed by atoms with Gasteiger partial charge in [0.25, 0.3) is 0 Å². The van der Waals surface area contributed by atoms with Gasteiger partial charge in [-0.25, -0.2) is 14.4 Å². The van der Waals surface area contributed by atoms with Crippen LogP contribution in [0.25, 0.3) is 11.4 Å². The molecule has 146 valence electrons. The Morgan fingerprint density at radius 2 is 1.64 bits per heavy atom. The van der Waals surface area contributed by atoms with Gasteiger partial charge in [-0.2, -0.15) is 13.2 Å². The molecule has 0 amide bonds. The second-order valence-electron chi connectivity index (χ2n) is 6.13. The van der Waals surface area contributed by atoms with Crippen molar-refractivity contribution < 1.29 is 22.7 Å². The molecule has 0 aliphatic rings. The molecule has 0 aliphatic heterocycles. The Morgan fingerprint density at radius 1 is 1.00 bits per heavy atom. The summed E-state index contributed by atoms with van der Waals surface area (Å²) >= 11 is 0. The molecule has 2 heterocycles. The van der Waals surface area contributed by atoms with Crippen molar-refractivity contribution >= 4 is 5.82 Å². The van der Waals surface area contributed by atoms with Crippen LogP contribution in [0.3, 0.4) is 0 Å². The molecule has 2 unspecified atom stereocenters. The van der Waals surface area contributed by atoms with Gasteiger partial charge in [-0.3, -0.25) is 4.98 Å². The molecule has 3 aromatic rings. The number of aliphatic hydroxyl groups is 1. The van der Waals surface area contributed by atoms with Crippen molar-refractivity contribution in [3.05, 3.63) is 71.9 Å². The zero-order valence-corrected chi connectivity index (χ0v) is 14.7. The van der Waals surface area contributed by atoms with E-state index >= 15 is 0 Å². The van der Waals surface area contributed by atoms with E-state index in [-0.39, 0.29) is 11.6 Å². The number of nitrogens with one attached hydrogen (secondary N) is 1. The van der Waals surface area contributed by atoms with Crippen molar-refractivity contribution in [1.29, 1.82) is 0 Å². The Bertz CT molecular complexity index is 933. The molecule has 2 atom stereocenters. The van der Waals surface area contributed by atoms with E-state index in [1.807, 2.05) is 0 Å². The molecular weight excluding hydrogens is 376 g/mol. The number of nitrogens with zero attached hydrogens (tertiary/aromatic N) is 3. The molecule has 28 heavy (non-hydrogen) atoms. The van der Waals surface area contributed by atoms with Gasteiger partial charge in [-0.05, 0) is 36.8 Å². The van der Waals surface area contributed by atoms with E-state index in [1.165, 1.54) is 48.8 Å². The van der Waals surface area contributed by atoms with Crippen LogP contribution in [0, 0.1) is 5.82 Å². The lowest BCUT2D eigenvalue weighted by molar-refractivity contribution is -0.141. The highest BCUT2D eigenvalue weighted by Gasteiger charge is 2.34. The summed E-state index contributed by atoms with van der Waals surface area (Å²) in [6.45, 7) is 1.58. The summed E-state index contributed by atoms with van der Waals surface area (Å²) in [7, 11) is 0. The van der Waals surface area contributed by atoms with Crippen LogP contribution in [-0.4, -0.2) is 26.1 Å². The van der Waals surface area contributed by atoms with Crippen molar-refractivity contribution in [2.24, 2.45) is 0 Å². The highest BCUT2D eigenvalue weighted by atomic mass is 19.4. The summed E-state index contributed by atoms with van der Waals surface area (Å²) in [4.78, 5) is 11.5. The number of benzene rings is 1. The van der Waals surface area contributed by atoms with Crippen LogP contribution in [0.4, 0.5) is 23.4 Å². The standard InChI is InChI=1S/C19H16F4N4O/c1-11(17(28)12-2-4-14(20)5-3-12)25-16-10-15(19(21,22)23)26-18(27-16)13-6-8-24-9-7-13/h2-11,17,28H,1H3,(H,25,26,27). The van der Waals surface area contributed by atoms with Crippen molar-refractivity contribution in [2.45, 2.75) is 25.2 Å². The summed E-state index contributed by atoms with van der Waals surface area (Å²) in [6.07, 6.45) is -2.91. The van der Waals surface area contributed by atoms with E-state index < -0.39 is 29.8 Å². The number of aromatic nitrogens is 3. The lowest BCUT2D eigenvalue weighted by atomic mass is 10.0. The molecule has 0 spiro atoms. The molecular formula is C19H16F4N4O. The largest absolute Gasteiger partial charge is 0.433 e. The number of hydrogen-bond acceptors (Lipinski definition) is 5. The second-order valence-corrected chi connectivity index (χ2v) is 6.13. The van der Waals surface area contributed by atoms with E-state index in [0.717, 1.165) is 6.07 Å². The van der Waals surface area contributed by atoms with Gasteiger partial charge in [0.05, 0.1) is 12.1 Å². The van der Waals surface area contributed by atoms with E-state index in [9.17, 15) is 22.7 Å². The lowest BCUT2D eigenvalue weighted by Crippen LogP contribution is -2.25. The van der Waals surface area contributed by atoms with Crippen LogP contribution >= 0.6 is 0 Å². The van der Waals surface area contributed by atoms with E-state index in [4.69, 9.17) is 0 Å². The van der Waals surface area contributed by atoms with Crippen molar-refractivity contribution in [3.63, 3.8) is 0 Å². The average Bonchev–Trinajstić information content (AvgIpc) is 2.68. The molecule has 0 bridgehead atoms. The number of halogens is 4. The van der Waals surface area contributed by atoms with Crippen LogP contribution in [0.2, 0.25) is 0 Å². The van der Waals surface area contributed by atoms with Crippen LogP contribution in [0.15, 0.2) is 54.9 Å². The Hall–Kier alpha value is -3.07. The maximum atomic E-state index is 13.2. The van der Waals surface area contributed by atoms with Gasteiger partial charge in [0, 0.05) is 24.0 Å². The van der Waals surface area contributed by atoms with Crippen LogP contribution < -0.4 is 5.32 Å². The van der Waals surface area contributed by atoms with Gasteiger partial charge in [0.15, 0.2) is 11.5 Å². The Morgan fingerprint density at radius 3 is 2.25 bits per heavy atom. The minimum absolute atomic E-state index is 0.0946. The maximum Gasteiger partial charge on any atom is 0.433 e. The van der Waals surface area contributed by atoms with Crippen molar-refractivity contribution in [1.82, 2.24) is 15.0 Å². The molecule has 0 aliphatic carbocycles. The zero-order valence-electron chi connectivity index (χ0n) is 14.7. The number of aliphatic hydroxyl groups excluding tert-OH is 1. The number of rotatable bonds is 5. The molecule has 5 nitrogen and oxygen atoms in total. The molecule has 3 rings (SSSR count). The summed E-state index contributed by atoms with van der Waals surface area (Å²) in [5.41, 5.74) is -0.322. The first-order valence-electron chi connectivity index (χ1n) is 8.31. The normalized spacial score (nSPS) is 13.8. The second kappa shape index (κ2) is 7.89. The monoisotopic (exact) mass is 392 g/mol. The van der Waals surface area contributed by atoms with Crippen LogP contribution in [0.5, 0.6) is 0 Å². The highest BCUT2D eigenvalue weighted by molar-refractivity contribution is 5.57. The number of pyridine rings is 1. The molecule has 0 saturated carbocycles. The van der Waals surface area contributed by atoms with E-state index in [1.54, 1.807) is 6.92 Å². The maximum absolute atomic E-state index is 13.2. The average molecular weight is 392 g/mol. The van der Waals surface area contributed by atoms with Gasteiger partial charge in [0.2, 0.25) is 0 Å². The predicted octanol–water partition coefficient (Wildman–Crippen LogP) is 4.23. The van der Waals surface area contributed by atoms with Gasteiger partial charge in [0.1, 0.15) is 11.6 Å². The fraction of sp³-hybridized carbons (Fsp3) is 0.211. The zero-order chi connectivity index (χ0) is 20.3. The smallest absolute Gasteiger partial charge is 0.386 e. The van der Waals surface area contributed by atoms with E-state index in [0.29, 0.717) is 11.1 Å². The fourth-order valence-corrected chi connectivity index (χ4v) is 2.56. The third-order valence-electron chi connectivity index (χ3n) is 4.02. The van der Waals surface area contributed by atoms with Gasteiger partial charge in [-0.1, -0.05) is 12.1 Å². The summed E-state index contributed by atoms with van der Waals surface area (Å²) in [5, 5.41) is 13.2. The first-order valence-corrected chi connectivity index (χ1v) is 8.31. The molecule has 2 N–H and O–H groups in total.